The lowest BCUT2D eigenvalue weighted by Crippen LogP contribution is -2.53. The quantitative estimate of drug-likeness (QED) is 0.620. The van der Waals surface area contributed by atoms with Crippen LogP contribution in [0.25, 0.3) is 11.1 Å². The minimum Gasteiger partial charge on any atom is -0.479 e. The average Bonchev–Trinajstić information content (AvgIpc) is 3.55. The lowest BCUT2D eigenvalue weighted by molar-refractivity contribution is -0.151. The van der Waals surface area contributed by atoms with Crippen LogP contribution in [-0.2, 0) is 14.3 Å². The molecule has 0 radical (unpaired) electrons. The molecule has 0 saturated heterocycles. The van der Waals surface area contributed by atoms with Gasteiger partial charge >= 0.3 is 12.1 Å². The number of nitrogens with one attached hydrogen (secondary N) is 1. The minimum absolute atomic E-state index is 0.0916. The van der Waals surface area contributed by atoms with Crippen LogP contribution >= 0.6 is 0 Å². The first-order chi connectivity index (χ1) is 15.4. The number of rotatable bonds is 8. The molecule has 7 nitrogen and oxygen atoms in total. The van der Waals surface area contributed by atoms with Crippen LogP contribution in [-0.4, -0.2) is 53.2 Å². The molecule has 7 heteroatoms. The van der Waals surface area contributed by atoms with E-state index in [1.165, 1.54) is 18.0 Å². The van der Waals surface area contributed by atoms with Crippen molar-refractivity contribution in [3.63, 3.8) is 0 Å². The smallest absolute Gasteiger partial charge is 0.407 e. The van der Waals surface area contributed by atoms with Gasteiger partial charge in [-0.15, -0.1) is 6.58 Å². The summed E-state index contributed by atoms with van der Waals surface area (Å²) >= 11 is 0. The first-order valence-corrected chi connectivity index (χ1v) is 10.6. The summed E-state index contributed by atoms with van der Waals surface area (Å²) in [5.41, 5.74) is 3.26. The Morgan fingerprint density at radius 1 is 1.16 bits per heavy atom. The number of likely N-dealkylation sites (N-methyl/N-ethyl adjacent to an activating group) is 1. The van der Waals surface area contributed by atoms with Crippen LogP contribution in [0, 0.1) is 0 Å². The molecule has 1 fully saturated rings. The van der Waals surface area contributed by atoms with Crippen LogP contribution in [0.4, 0.5) is 4.79 Å². The van der Waals surface area contributed by atoms with Gasteiger partial charge in [-0.2, -0.15) is 0 Å². The van der Waals surface area contributed by atoms with Gasteiger partial charge in [-0.25, -0.2) is 9.59 Å². The summed E-state index contributed by atoms with van der Waals surface area (Å²) in [6, 6.07) is 15.1. The average molecular weight is 434 g/mol. The number of benzene rings is 2. The number of carboxylic acids is 1. The molecular formula is C25H26N2O5. The summed E-state index contributed by atoms with van der Waals surface area (Å²) in [6.07, 6.45) is 1.76. The SMILES string of the molecule is C=CCC(NC(=O)OCC1c2ccccc2-c2ccccc21)C(=O)N(C)C1(C(=O)O)CC1. The van der Waals surface area contributed by atoms with Crippen molar-refractivity contribution in [1.29, 1.82) is 0 Å². The van der Waals surface area contributed by atoms with Gasteiger partial charge in [0.05, 0.1) is 0 Å². The summed E-state index contributed by atoms with van der Waals surface area (Å²) < 4.78 is 5.52. The van der Waals surface area contributed by atoms with Gasteiger partial charge in [0.15, 0.2) is 0 Å². The second-order valence-corrected chi connectivity index (χ2v) is 8.28. The highest BCUT2D eigenvalue weighted by Crippen LogP contribution is 2.44. The lowest BCUT2D eigenvalue weighted by Gasteiger charge is -2.28. The number of carbonyl (C=O) groups excluding carboxylic acids is 2. The zero-order valence-corrected chi connectivity index (χ0v) is 17.9. The maximum absolute atomic E-state index is 12.9. The Morgan fingerprint density at radius 2 is 1.72 bits per heavy atom. The normalized spacial score (nSPS) is 16.3. The standard InChI is InChI=1S/C25H26N2O5/c1-3-8-21(22(28)27(2)25(13-14-25)23(29)30)26-24(31)32-15-20-18-11-6-4-9-16(18)17-10-5-7-12-19(17)20/h3-7,9-12,20-21H,1,8,13-15H2,2H3,(H,26,31)(H,29,30). The van der Waals surface area contributed by atoms with Crippen LogP contribution < -0.4 is 5.32 Å². The number of nitrogens with zero attached hydrogens (tertiary/aromatic N) is 1. The maximum atomic E-state index is 12.9. The molecule has 1 atom stereocenters. The predicted molar refractivity (Wildman–Crippen MR) is 119 cm³/mol. The summed E-state index contributed by atoms with van der Waals surface area (Å²) in [7, 11) is 1.46. The third-order valence-electron chi connectivity index (χ3n) is 6.43. The topological polar surface area (TPSA) is 95.9 Å². The molecule has 0 heterocycles. The Balaban J connectivity index is 1.43. The predicted octanol–water partition coefficient (Wildman–Crippen LogP) is 3.55. The zero-order valence-electron chi connectivity index (χ0n) is 17.9. The molecule has 2 amide bonds. The molecule has 1 unspecified atom stereocenters. The van der Waals surface area contributed by atoms with Crippen molar-refractivity contribution in [2.45, 2.75) is 36.8 Å². The molecule has 2 aliphatic rings. The van der Waals surface area contributed by atoms with Crippen molar-refractivity contribution >= 4 is 18.0 Å². The molecule has 2 N–H and O–H groups in total. The summed E-state index contributed by atoms with van der Waals surface area (Å²) in [5.74, 6) is -1.60. The number of alkyl carbamates (subject to hydrolysis) is 1. The minimum atomic E-state index is -1.18. The van der Waals surface area contributed by atoms with E-state index in [1.54, 1.807) is 0 Å². The van der Waals surface area contributed by atoms with Crippen molar-refractivity contribution in [2.75, 3.05) is 13.7 Å². The second kappa shape index (κ2) is 8.49. The van der Waals surface area contributed by atoms with Crippen LogP contribution in [0.3, 0.4) is 0 Å². The highest BCUT2D eigenvalue weighted by atomic mass is 16.5. The van der Waals surface area contributed by atoms with Crippen LogP contribution in [0.2, 0.25) is 0 Å². The van der Waals surface area contributed by atoms with Crippen LogP contribution in [0.1, 0.15) is 36.3 Å². The number of hydrogen-bond acceptors (Lipinski definition) is 4. The van der Waals surface area contributed by atoms with E-state index in [0.717, 1.165) is 22.3 Å². The van der Waals surface area contributed by atoms with Gasteiger partial charge in [0.2, 0.25) is 5.91 Å². The Kier molecular flexibility index (Phi) is 5.74. The van der Waals surface area contributed by atoms with E-state index in [4.69, 9.17) is 4.74 Å². The van der Waals surface area contributed by atoms with E-state index in [-0.39, 0.29) is 18.9 Å². The van der Waals surface area contributed by atoms with E-state index in [1.807, 2.05) is 36.4 Å². The zero-order chi connectivity index (χ0) is 22.9. The van der Waals surface area contributed by atoms with Gasteiger partial charge < -0.3 is 20.1 Å². The van der Waals surface area contributed by atoms with E-state index in [2.05, 4.69) is 24.0 Å². The molecule has 0 aromatic heterocycles. The molecule has 1 saturated carbocycles. The maximum Gasteiger partial charge on any atom is 0.407 e. The Bertz CT molecular complexity index is 1030. The number of fused-ring (bicyclic) bond motifs is 3. The molecule has 166 valence electrons. The number of amides is 2. The molecule has 0 bridgehead atoms. The summed E-state index contributed by atoms with van der Waals surface area (Å²) in [5, 5.41) is 12.0. The molecule has 2 aliphatic carbocycles. The summed E-state index contributed by atoms with van der Waals surface area (Å²) in [6.45, 7) is 3.77. The van der Waals surface area contributed by atoms with E-state index in [0.29, 0.717) is 12.8 Å². The fourth-order valence-electron chi connectivity index (χ4n) is 4.43. The van der Waals surface area contributed by atoms with E-state index < -0.39 is 29.6 Å². The van der Waals surface area contributed by atoms with Gasteiger partial charge in [0, 0.05) is 13.0 Å². The van der Waals surface area contributed by atoms with Crippen molar-refractivity contribution in [3.8, 4) is 11.1 Å². The van der Waals surface area contributed by atoms with Crippen molar-refractivity contribution < 1.29 is 24.2 Å². The van der Waals surface area contributed by atoms with E-state index >= 15 is 0 Å². The lowest BCUT2D eigenvalue weighted by atomic mass is 9.98. The fraction of sp³-hybridized carbons (Fsp3) is 0.320. The number of ether oxygens (including phenoxy) is 1. The first kappa shape index (κ1) is 21.6. The van der Waals surface area contributed by atoms with Crippen molar-refractivity contribution in [2.24, 2.45) is 0 Å². The number of hydrogen-bond donors (Lipinski definition) is 2. The molecule has 2 aromatic carbocycles. The summed E-state index contributed by atoms with van der Waals surface area (Å²) in [4.78, 5) is 38.2. The highest BCUT2D eigenvalue weighted by Gasteiger charge is 2.56. The largest absolute Gasteiger partial charge is 0.479 e. The van der Waals surface area contributed by atoms with Crippen molar-refractivity contribution in [1.82, 2.24) is 10.2 Å². The van der Waals surface area contributed by atoms with Gasteiger partial charge in [0.25, 0.3) is 0 Å². The third kappa shape index (κ3) is 3.75. The number of carboxylic acid groups (broad SMARTS) is 1. The van der Waals surface area contributed by atoms with Gasteiger partial charge in [-0.05, 0) is 41.5 Å². The van der Waals surface area contributed by atoms with Crippen molar-refractivity contribution in [3.05, 3.63) is 72.3 Å². The van der Waals surface area contributed by atoms with Gasteiger partial charge in [-0.3, -0.25) is 4.79 Å². The molecule has 0 aliphatic heterocycles. The fourth-order valence-corrected chi connectivity index (χ4v) is 4.43. The Morgan fingerprint density at radius 3 is 2.22 bits per heavy atom. The third-order valence-corrected chi connectivity index (χ3v) is 6.43. The number of carbonyl (C=O) groups is 3. The van der Waals surface area contributed by atoms with Crippen LogP contribution in [0.15, 0.2) is 61.2 Å². The van der Waals surface area contributed by atoms with Crippen LogP contribution in [0.5, 0.6) is 0 Å². The van der Waals surface area contributed by atoms with E-state index in [9.17, 15) is 19.5 Å². The van der Waals surface area contributed by atoms with Gasteiger partial charge in [0.1, 0.15) is 18.2 Å². The molecule has 4 rings (SSSR count). The van der Waals surface area contributed by atoms with Gasteiger partial charge in [-0.1, -0.05) is 54.6 Å². The molecular weight excluding hydrogens is 408 g/mol. The molecule has 2 aromatic rings. The Labute approximate surface area is 186 Å². The molecule has 0 spiro atoms. The molecule has 32 heavy (non-hydrogen) atoms. The Hall–Kier alpha value is -3.61. The first-order valence-electron chi connectivity index (χ1n) is 10.6. The second-order valence-electron chi connectivity index (χ2n) is 8.28. The number of aliphatic carboxylic acids is 1. The highest BCUT2D eigenvalue weighted by molar-refractivity contribution is 5.93. The monoisotopic (exact) mass is 434 g/mol.